The van der Waals surface area contributed by atoms with Gasteiger partial charge in [0, 0.05) is 25.7 Å². The SMILES string of the molecule is CCC1CN(CCOCc2ccccc2)C(C)(c2ccccc2)CN1. The minimum absolute atomic E-state index is 0.0169. The van der Waals surface area contributed by atoms with Crippen LogP contribution in [0.5, 0.6) is 0 Å². The normalized spacial score (nSPS) is 24.3. The lowest BCUT2D eigenvalue weighted by molar-refractivity contribution is 0.0127. The Hall–Kier alpha value is -1.68. The fourth-order valence-electron chi connectivity index (χ4n) is 3.62. The van der Waals surface area contributed by atoms with Crippen LogP contribution in [0.15, 0.2) is 60.7 Å². The van der Waals surface area contributed by atoms with Gasteiger partial charge >= 0.3 is 0 Å². The van der Waals surface area contributed by atoms with Crippen LogP contribution in [-0.2, 0) is 16.9 Å². The molecule has 0 radical (unpaired) electrons. The lowest BCUT2D eigenvalue weighted by Gasteiger charge is -2.48. The van der Waals surface area contributed by atoms with E-state index >= 15 is 0 Å². The number of ether oxygens (including phenoxy) is 1. The predicted molar refractivity (Wildman–Crippen MR) is 104 cm³/mol. The molecule has 0 bridgehead atoms. The minimum atomic E-state index is 0.0169. The standard InChI is InChI=1S/C22H30N2O/c1-3-21-16-24(14-15-25-17-19-10-6-4-7-11-19)22(2,18-23-21)20-12-8-5-9-13-20/h4-13,21,23H,3,14-18H2,1-2H3. The molecule has 25 heavy (non-hydrogen) atoms. The maximum Gasteiger partial charge on any atom is 0.0717 e. The monoisotopic (exact) mass is 338 g/mol. The van der Waals surface area contributed by atoms with Gasteiger partial charge in [-0.3, -0.25) is 4.90 Å². The molecule has 134 valence electrons. The van der Waals surface area contributed by atoms with Crippen LogP contribution in [0, 0.1) is 0 Å². The third kappa shape index (κ3) is 4.49. The van der Waals surface area contributed by atoms with Crippen LogP contribution in [0.4, 0.5) is 0 Å². The highest BCUT2D eigenvalue weighted by Gasteiger charge is 2.38. The van der Waals surface area contributed by atoms with E-state index in [1.807, 2.05) is 6.07 Å². The number of nitrogens with one attached hydrogen (secondary N) is 1. The smallest absolute Gasteiger partial charge is 0.0717 e. The first-order valence-corrected chi connectivity index (χ1v) is 9.38. The van der Waals surface area contributed by atoms with Crippen molar-refractivity contribution in [3.63, 3.8) is 0 Å². The summed E-state index contributed by atoms with van der Waals surface area (Å²) in [6.45, 7) is 9.05. The highest BCUT2D eigenvalue weighted by atomic mass is 16.5. The summed E-state index contributed by atoms with van der Waals surface area (Å²) < 4.78 is 5.96. The molecule has 1 aliphatic rings. The van der Waals surface area contributed by atoms with Crippen molar-refractivity contribution in [2.24, 2.45) is 0 Å². The second-order valence-electron chi connectivity index (χ2n) is 7.11. The molecular formula is C22H30N2O. The van der Waals surface area contributed by atoms with E-state index in [-0.39, 0.29) is 5.54 Å². The molecule has 3 rings (SSSR count). The molecule has 0 saturated carbocycles. The second kappa shape index (κ2) is 8.61. The van der Waals surface area contributed by atoms with Crippen molar-refractivity contribution < 1.29 is 4.74 Å². The molecular weight excluding hydrogens is 308 g/mol. The van der Waals surface area contributed by atoms with E-state index in [4.69, 9.17) is 4.74 Å². The number of rotatable bonds is 7. The topological polar surface area (TPSA) is 24.5 Å². The molecule has 3 heteroatoms. The molecule has 1 aliphatic heterocycles. The summed E-state index contributed by atoms with van der Waals surface area (Å²) in [4.78, 5) is 2.60. The van der Waals surface area contributed by atoms with Gasteiger partial charge in [-0.1, -0.05) is 67.6 Å². The summed E-state index contributed by atoms with van der Waals surface area (Å²) in [7, 11) is 0. The number of piperazine rings is 1. The molecule has 1 N–H and O–H groups in total. The van der Waals surface area contributed by atoms with Gasteiger partial charge in [0.05, 0.1) is 18.8 Å². The zero-order valence-corrected chi connectivity index (χ0v) is 15.4. The van der Waals surface area contributed by atoms with Crippen molar-refractivity contribution in [2.45, 2.75) is 38.5 Å². The summed E-state index contributed by atoms with van der Waals surface area (Å²) >= 11 is 0. The summed E-state index contributed by atoms with van der Waals surface area (Å²) in [6, 6.07) is 21.8. The van der Waals surface area contributed by atoms with Crippen molar-refractivity contribution in [1.82, 2.24) is 10.2 Å². The molecule has 1 saturated heterocycles. The molecule has 0 spiro atoms. The summed E-state index contributed by atoms with van der Waals surface area (Å²) in [6.07, 6.45) is 1.16. The third-order valence-corrected chi connectivity index (χ3v) is 5.38. The first-order valence-electron chi connectivity index (χ1n) is 9.38. The van der Waals surface area contributed by atoms with Crippen LogP contribution < -0.4 is 5.32 Å². The van der Waals surface area contributed by atoms with E-state index in [1.54, 1.807) is 0 Å². The maximum absolute atomic E-state index is 5.96. The Bertz CT molecular complexity index is 631. The lowest BCUT2D eigenvalue weighted by Crippen LogP contribution is -2.61. The Balaban J connectivity index is 1.62. The minimum Gasteiger partial charge on any atom is -0.375 e. The number of hydrogen-bond donors (Lipinski definition) is 1. The highest BCUT2D eigenvalue weighted by Crippen LogP contribution is 2.30. The molecule has 0 amide bonds. The van der Waals surface area contributed by atoms with Crippen molar-refractivity contribution in [3.8, 4) is 0 Å². The number of nitrogens with zero attached hydrogens (tertiary/aromatic N) is 1. The van der Waals surface area contributed by atoms with Crippen LogP contribution in [0.2, 0.25) is 0 Å². The molecule has 0 aromatic heterocycles. The second-order valence-corrected chi connectivity index (χ2v) is 7.11. The van der Waals surface area contributed by atoms with Gasteiger partial charge in [-0.05, 0) is 24.5 Å². The predicted octanol–water partition coefficient (Wildman–Crippen LogP) is 3.80. The summed E-state index contributed by atoms with van der Waals surface area (Å²) in [5, 5.41) is 3.72. The first-order chi connectivity index (χ1) is 12.2. The highest BCUT2D eigenvalue weighted by molar-refractivity contribution is 5.25. The molecule has 2 aromatic carbocycles. The molecule has 1 heterocycles. The fraction of sp³-hybridized carbons (Fsp3) is 0.455. The third-order valence-electron chi connectivity index (χ3n) is 5.38. The largest absolute Gasteiger partial charge is 0.375 e. The Morgan fingerprint density at radius 3 is 2.44 bits per heavy atom. The van der Waals surface area contributed by atoms with Crippen molar-refractivity contribution in [2.75, 3.05) is 26.2 Å². The van der Waals surface area contributed by atoms with Crippen molar-refractivity contribution in [1.29, 1.82) is 0 Å². The van der Waals surface area contributed by atoms with Gasteiger partial charge in [0.25, 0.3) is 0 Å². The van der Waals surface area contributed by atoms with Crippen molar-refractivity contribution in [3.05, 3.63) is 71.8 Å². The number of hydrogen-bond acceptors (Lipinski definition) is 3. The van der Waals surface area contributed by atoms with Crippen LogP contribution in [0.25, 0.3) is 0 Å². The van der Waals surface area contributed by atoms with E-state index in [9.17, 15) is 0 Å². The summed E-state index contributed by atoms with van der Waals surface area (Å²) in [5.74, 6) is 0. The van der Waals surface area contributed by atoms with E-state index in [2.05, 4.69) is 78.7 Å². The van der Waals surface area contributed by atoms with E-state index < -0.39 is 0 Å². The van der Waals surface area contributed by atoms with Crippen LogP contribution >= 0.6 is 0 Å². The van der Waals surface area contributed by atoms with Crippen molar-refractivity contribution >= 4 is 0 Å². The Morgan fingerprint density at radius 1 is 1.08 bits per heavy atom. The maximum atomic E-state index is 5.96. The molecule has 2 unspecified atom stereocenters. The van der Waals surface area contributed by atoms with Gasteiger partial charge in [0.2, 0.25) is 0 Å². The van der Waals surface area contributed by atoms with Gasteiger partial charge in [-0.25, -0.2) is 0 Å². The van der Waals surface area contributed by atoms with Gasteiger partial charge in [-0.15, -0.1) is 0 Å². The van der Waals surface area contributed by atoms with E-state index in [0.29, 0.717) is 12.6 Å². The Labute approximate surface area is 152 Å². The van der Waals surface area contributed by atoms with E-state index in [0.717, 1.165) is 32.7 Å². The lowest BCUT2D eigenvalue weighted by atomic mass is 9.86. The zero-order chi connectivity index (χ0) is 17.5. The average Bonchev–Trinajstić information content (AvgIpc) is 2.68. The van der Waals surface area contributed by atoms with Crippen LogP contribution in [0.1, 0.15) is 31.4 Å². The molecule has 2 aromatic rings. The Morgan fingerprint density at radius 2 is 1.76 bits per heavy atom. The average molecular weight is 338 g/mol. The Kier molecular flexibility index (Phi) is 6.24. The number of benzene rings is 2. The van der Waals surface area contributed by atoms with Crippen LogP contribution in [-0.4, -0.2) is 37.2 Å². The zero-order valence-electron chi connectivity index (χ0n) is 15.4. The first kappa shape index (κ1) is 18.1. The van der Waals surface area contributed by atoms with Gasteiger partial charge < -0.3 is 10.1 Å². The van der Waals surface area contributed by atoms with E-state index in [1.165, 1.54) is 11.1 Å². The molecule has 2 atom stereocenters. The molecule has 3 nitrogen and oxygen atoms in total. The molecule has 0 aliphatic carbocycles. The van der Waals surface area contributed by atoms with Gasteiger partial charge in [0.15, 0.2) is 0 Å². The van der Waals surface area contributed by atoms with Gasteiger partial charge in [0.1, 0.15) is 0 Å². The summed E-state index contributed by atoms with van der Waals surface area (Å²) in [5.41, 5.74) is 2.63. The van der Waals surface area contributed by atoms with Gasteiger partial charge in [-0.2, -0.15) is 0 Å². The van der Waals surface area contributed by atoms with Crippen LogP contribution in [0.3, 0.4) is 0 Å². The quantitative estimate of drug-likeness (QED) is 0.777. The fourth-order valence-corrected chi connectivity index (χ4v) is 3.62. The molecule has 1 fully saturated rings.